The molecule has 0 saturated carbocycles. The minimum absolute atomic E-state index is 0.161. The lowest BCUT2D eigenvalue weighted by atomic mass is 10.1. The Labute approximate surface area is 126 Å². The molecule has 0 radical (unpaired) electrons. The zero-order chi connectivity index (χ0) is 14.5. The summed E-state index contributed by atoms with van der Waals surface area (Å²) in [5.41, 5.74) is 7.81. The van der Waals surface area contributed by atoms with Crippen molar-refractivity contribution in [2.75, 3.05) is 12.4 Å². The molecule has 0 aliphatic carbocycles. The van der Waals surface area contributed by atoms with Crippen LogP contribution in [0.3, 0.4) is 0 Å². The van der Waals surface area contributed by atoms with Gasteiger partial charge in [-0.25, -0.2) is 0 Å². The Kier molecular flexibility index (Phi) is 4.76. The molecule has 0 aromatic heterocycles. The Morgan fingerprint density at radius 3 is 2.50 bits per heavy atom. The van der Waals surface area contributed by atoms with Crippen LogP contribution in [0.25, 0.3) is 0 Å². The molecule has 2 rings (SSSR count). The SMILES string of the molecule is COc1ccc(NC(=O)c2ccc(CN)cc2)cc1Br. The lowest BCUT2D eigenvalue weighted by Crippen LogP contribution is -2.12. The second kappa shape index (κ2) is 6.54. The highest BCUT2D eigenvalue weighted by atomic mass is 79.9. The van der Waals surface area contributed by atoms with E-state index in [9.17, 15) is 4.79 Å². The van der Waals surface area contributed by atoms with Crippen LogP contribution in [0.2, 0.25) is 0 Å². The number of carbonyl (C=O) groups excluding carboxylic acids is 1. The first-order valence-corrected chi connectivity index (χ1v) is 6.87. The van der Waals surface area contributed by atoms with E-state index in [1.165, 1.54) is 0 Å². The predicted molar refractivity (Wildman–Crippen MR) is 83.0 cm³/mol. The number of nitrogens with two attached hydrogens (primary N) is 1. The van der Waals surface area contributed by atoms with E-state index >= 15 is 0 Å². The second-order valence-electron chi connectivity index (χ2n) is 4.20. The maximum absolute atomic E-state index is 12.1. The van der Waals surface area contributed by atoms with E-state index in [0.29, 0.717) is 17.8 Å². The molecule has 0 fully saturated rings. The van der Waals surface area contributed by atoms with Crippen molar-refractivity contribution in [1.82, 2.24) is 0 Å². The minimum atomic E-state index is -0.161. The van der Waals surface area contributed by atoms with Gasteiger partial charge in [-0.2, -0.15) is 0 Å². The Morgan fingerprint density at radius 2 is 1.95 bits per heavy atom. The van der Waals surface area contributed by atoms with Crippen molar-refractivity contribution in [2.24, 2.45) is 5.73 Å². The lowest BCUT2D eigenvalue weighted by Gasteiger charge is -2.08. The van der Waals surface area contributed by atoms with Gasteiger partial charge in [-0.1, -0.05) is 12.1 Å². The lowest BCUT2D eigenvalue weighted by molar-refractivity contribution is 0.102. The zero-order valence-electron chi connectivity index (χ0n) is 11.0. The van der Waals surface area contributed by atoms with Crippen LogP contribution < -0.4 is 15.8 Å². The molecule has 2 aromatic carbocycles. The zero-order valence-corrected chi connectivity index (χ0v) is 12.6. The van der Waals surface area contributed by atoms with E-state index in [-0.39, 0.29) is 5.91 Å². The number of amides is 1. The number of halogens is 1. The van der Waals surface area contributed by atoms with Crippen LogP contribution in [-0.2, 0) is 6.54 Å². The van der Waals surface area contributed by atoms with Gasteiger partial charge in [-0.05, 0) is 51.8 Å². The van der Waals surface area contributed by atoms with Crippen LogP contribution in [-0.4, -0.2) is 13.0 Å². The molecule has 20 heavy (non-hydrogen) atoms. The van der Waals surface area contributed by atoms with Gasteiger partial charge in [0.1, 0.15) is 5.75 Å². The highest BCUT2D eigenvalue weighted by Crippen LogP contribution is 2.27. The van der Waals surface area contributed by atoms with Crippen molar-refractivity contribution >= 4 is 27.5 Å². The van der Waals surface area contributed by atoms with Gasteiger partial charge >= 0.3 is 0 Å². The third-order valence-electron chi connectivity index (χ3n) is 2.86. The summed E-state index contributed by atoms with van der Waals surface area (Å²) in [6, 6.07) is 12.6. The molecule has 0 saturated heterocycles. The molecular formula is C15H15BrN2O2. The van der Waals surface area contributed by atoms with Crippen molar-refractivity contribution in [3.63, 3.8) is 0 Å². The van der Waals surface area contributed by atoms with Gasteiger partial charge in [0.25, 0.3) is 5.91 Å². The fourth-order valence-corrected chi connectivity index (χ4v) is 2.28. The molecule has 2 aromatic rings. The fourth-order valence-electron chi connectivity index (χ4n) is 1.74. The predicted octanol–water partition coefficient (Wildman–Crippen LogP) is 3.17. The highest BCUT2D eigenvalue weighted by Gasteiger charge is 2.07. The number of nitrogens with one attached hydrogen (secondary N) is 1. The third kappa shape index (κ3) is 3.37. The van der Waals surface area contributed by atoms with Crippen LogP contribution >= 0.6 is 15.9 Å². The summed E-state index contributed by atoms with van der Waals surface area (Å²) >= 11 is 3.38. The van der Waals surface area contributed by atoms with Gasteiger partial charge in [0, 0.05) is 17.8 Å². The fraction of sp³-hybridized carbons (Fsp3) is 0.133. The first-order valence-electron chi connectivity index (χ1n) is 6.08. The van der Waals surface area contributed by atoms with E-state index in [4.69, 9.17) is 10.5 Å². The minimum Gasteiger partial charge on any atom is -0.496 e. The smallest absolute Gasteiger partial charge is 0.255 e. The summed E-state index contributed by atoms with van der Waals surface area (Å²) in [6.45, 7) is 0.466. The van der Waals surface area contributed by atoms with Crippen LogP contribution in [0.5, 0.6) is 5.75 Å². The quantitative estimate of drug-likeness (QED) is 0.902. The molecule has 3 N–H and O–H groups in total. The molecule has 1 amide bonds. The van der Waals surface area contributed by atoms with E-state index < -0.39 is 0 Å². The molecule has 5 heteroatoms. The largest absolute Gasteiger partial charge is 0.496 e. The average Bonchev–Trinajstić information content (AvgIpc) is 2.47. The number of ether oxygens (including phenoxy) is 1. The average molecular weight is 335 g/mol. The van der Waals surface area contributed by atoms with Crippen molar-refractivity contribution < 1.29 is 9.53 Å². The van der Waals surface area contributed by atoms with Crippen molar-refractivity contribution in [1.29, 1.82) is 0 Å². The number of hydrogen-bond acceptors (Lipinski definition) is 3. The normalized spacial score (nSPS) is 10.2. The Morgan fingerprint density at radius 1 is 1.25 bits per heavy atom. The van der Waals surface area contributed by atoms with Crippen LogP contribution in [0.15, 0.2) is 46.9 Å². The van der Waals surface area contributed by atoms with Crippen molar-refractivity contribution in [3.05, 3.63) is 58.1 Å². The first kappa shape index (κ1) is 14.6. The van der Waals surface area contributed by atoms with Gasteiger partial charge in [0.15, 0.2) is 0 Å². The summed E-state index contributed by atoms with van der Waals surface area (Å²) in [6.07, 6.45) is 0. The number of rotatable bonds is 4. The van der Waals surface area contributed by atoms with Gasteiger partial charge in [0.05, 0.1) is 11.6 Å². The van der Waals surface area contributed by atoms with Gasteiger partial charge < -0.3 is 15.8 Å². The molecule has 0 unspecified atom stereocenters. The van der Waals surface area contributed by atoms with E-state index in [1.807, 2.05) is 12.1 Å². The molecule has 4 nitrogen and oxygen atoms in total. The molecule has 0 bridgehead atoms. The van der Waals surface area contributed by atoms with Gasteiger partial charge in [0.2, 0.25) is 0 Å². The summed E-state index contributed by atoms with van der Waals surface area (Å²) in [7, 11) is 1.59. The first-order chi connectivity index (χ1) is 9.63. The summed E-state index contributed by atoms with van der Waals surface area (Å²) in [4.78, 5) is 12.1. The number of carbonyl (C=O) groups is 1. The molecule has 0 atom stereocenters. The van der Waals surface area contributed by atoms with Crippen molar-refractivity contribution in [3.8, 4) is 5.75 Å². The standard InChI is InChI=1S/C15H15BrN2O2/c1-20-14-7-6-12(8-13(14)16)18-15(19)11-4-2-10(9-17)3-5-11/h2-8H,9,17H2,1H3,(H,18,19). The Hall–Kier alpha value is -1.85. The Bertz CT molecular complexity index is 612. The molecule has 104 valence electrons. The Balaban J connectivity index is 2.12. The van der Waals surface area contributed by atoms with Gasteiger partial charge in [-0.15, -0.1) is 0 Å². The summed E-state index contributed by atoms with van der Waals surface area (Å²) in [5.74, 6) is 0.556. The monoisotopic (exact) mass is 334 g/mol. The van der Waals surface area contributed by atoms with E-state index in [1.54, 1.807) is 37.4 Å². The number of benzene rings is 2. The number of methoxy groups -OCH3 is 1. The second-order valence-corrected chi connectivity index (χ2v) is 5.06. The number of hydrogen-bond donors (Lipinski definition) is 2. The molecule has 0 spiro atoms. The molecular weight excluding hydrogens is 320 g/mol. The van der Waals surface area contributed by atoms with E-state index in [0.717, 1.165) is 15.8 Å². The van der Waals surface area contributed by atoms with Crippen LogP contribution in [0, 0.1) is 0 Å². The molecule has 0 aliphatic rings. The van der Waals surface area contributed by atoms with E-state index in [2.05, 4.69) is 21.2 Å². The molecule has 0 aliphatic heterocycles. The van der Waals surface area contributed by atoms with Gasteiger partial charge in [-0.3, -0.25) is 4.79 Å². The summed E-state index contributed by atoms with van der Waals surface area (Å²) in [5, 5.41) is 2.83. The number of anilines is 1. The molecule has 0 heterocycles. The topological polar surface area (TPSA) is 64.3 Å². The third-order valence-corrected chi connectivity index (χ3v) is 3.48. The highest BCUT2D eigenvalue weighted by molar-refractivity contribution is 9.10. The van der Waals surface area contributed by atoms with Crippen LogP contribution in [0.4, 0.5) is 5.69 Å². The van der Waals surface area contributed by atoms with Crippen LogP contribution in [0.1, 0.15) is 15.9 Å². The van der Waals surface area contributed by atoms with Crippen molar-refractivity contribution in [2.45, 2.75) is 6.54 Å². The maximum Gasteiger partial charge on any atom is 0.255 e. The maximum atomic E-state index is 12.1. The summed E-state index contributed by atoms with van der Waals surface area (Å²) < 4.78 is 5.93.